The van der Waals surface area contributed by atoms with E-state index in [9.17, 15) is 16.8 Å². The lowest BCUT2D eigenvalue weighted by Crippen LogP contribution is -2.41. The van der Waals surface area contributed by atoms with Gasteiger partial charge in [-0.1, -0.05) is 6.92 Å². The topological polar surface area (TPSA) is 101 Å². The third-order valence-corrected chi connectivity index (χ3v) is 7.38. The molecule has 138 valence electrons. The molecule has 0 aromatic carbocycles. The molecule has 0 saturated carbocycles. The minimum atomic E-state index is -3.20. The second-order valence-electron chi connectivity index (χ2n) is 5.98. The highest BCUT2D eigenvalue weighted by atomic mass is 32.2. The van der Waals surface area contributed by atoms with Gasteiger partial charge in [0, 0.05) is 38.1 Å². The molecule has 0 radical (unpaired) electrons. The zero-order valence-electron chi connectivity index (χ0n) is 14.2. The minimum absolute atomic E-state index is 0.0348. The maximum atomic E-state index is 11.7. The van der Waals surface area contributed by atoms with Crippen molar-refractivity contribution in [2.24, 2.45) is 0 Å². The zero-order valence-corrected chi connectivity index (χ0v) is 15.8. The number of aromatic nitrogens is 2. The van der Waals surface area contributed by atoms with Gasteiger partial charge < -0.3 is 0 Å². The Morgan fingerprint density at radius 1 is 1.25 bits per heavy atom. The second kappa shape index (κ2) is 7.94. The molecule has 0 amide bonds. The largest absolute Gasteiger partial charge is 0.294 e. The van der Waals surface area contributed by atoms with Gasteiger partial charge in [0.2, 0.25) is 10.0 Å². The van der Waals surface area contributed by atoms with Crippen LogP contribution in [0.4, 0.5) is 0 Å². The van der Waals surface area contributed by atoms with Crippen LogP contribution in [0.5, 0.6) is 0 Å². The molecule has 0 spiro atoms. The van der Waals surface area contributed by atoms with Gasteiger partial charge in [0.15, 0.2) is 9.84 Å². The highest BCUT2D eigenvalue weighted by molar-refractivity contribution is 7.91. The third-order valence-electron chi connectivity index (χ3n) is 4.29. The van der Waals surface area contributed by atoms with Crippen LogP contribution in [0.25, 0.3) is 0 Å². The number of rotatable bonds is 9. The van der Waals surface area contributed by atoms with Crippen LogP contribution in [0.15, 0.2) is 12.3 Å². The maximum Gasteiger partial charge on any atom is 0.211 e. The normalized spacial score (nSPS) is 19.3. The molecule has 0 saturated heterocycles. The number of nitrogens with zero attached hydrogens (tertiary/aromatic N) is 3. The predicted octanol–water partition coefficient (Wildman–Crippen LogP) is 0.00390. The van der Waals surface area contributed by atoms with Gasteiger partial charge in [0.05, 0.1) is 23.2 Å². The van der Waals surface area contributed by atoms with Crippen molar-refractivity contribution in [2.45, 2.75) is 32.9 Å². The van der Waals surface area contributed by atoms with Crippen molar-refractivity contribution in [1.29, 1.82) is 0 Å². The van der Waals surface area contributed by atoms with Crippen LogP contribution in [0.3, 0.4) is 0 Å². The van der Waals surface area contributed by atoms with Crippen LogP contribution in [0.2, 0.25) is 0 Å². The molecule has 1 atom stereocenters. The van der Waals surface area contributed by atoms with Crippen molar-refractivity contribution >= 4 is 19.9 Å². The molecule has 0 aliphatic carbocycles. The van der Waals surface area contributed by atoms with Gasteiger partial charge in [-0.15, -0.1) is 0 Å². The summed E-state index contributed by atoms with van der Waals surface area (Å²) < 4.78 is 51.0. The van der Waals surface area contributed by atoms with Crippen molar-refractivity contribution in [2.75, 3.05) is 36.9 Å². The molecule has 0 fully saturated rings. The molecular weight excluding hydrogens is 352 g/mol. The first-order chi connectivity index (χ1) is 11.3. The van der Waals surface area contributed by atoms with E-state index in [1.807, 2.05) is 10.7 Å². The molecule has 2 rings (SSSR count). The van der Waals surface area contributed by atoms with E-state index in [2.05, 4.69) is 14.7 Å². The second-order valence-corrected chi connectivity index (χ2v) is 10.5. The molecule has 10 heteroatoms. The van der Waals surface area contributed by atoms with Crippen molar-refractivity contribution in [3.05, 3.63) is 18.0 Å². The van der Waals surface area contributed by atoms with E-state index < -0.39 is 19.9 Å². The Bertz CT molecular complexity index is 743. The van der Waals surface area contributed by atoms with E-state index in [1.54, 1.807) is 20.0 Å². The zero-order chi connectivity index (χ0) is 17.8. The molecule has 1 aliphatic heterocycles. The van der Waals surface area contributed by atoms with Gasteiger partial charge in [-0.3, -0.25) is 9.58 Å². The van der Waals surface area contributed by atoms with Gasteiger partial charge in [0.1, 0.15) is 0 Å². The van der Waals surface area contributed by atoms with Crippen molar-refractivity contribution in [1.82, 2.24) is 19.4 Å². The standard InChI is InChI=1S/C14H26N4O4S2/c1-3-23(19,20)10-9-17-11-13-5-7-15-18(13)14(12-17)6-8-16-24(21,22)4-2/h5,7,14,16H,3-4,6,8-12H2,1-2H3. The Kier molecular flexibility index (Phi) is 6.40. The molecule has 1 unspecified atom stereocenters. The van der Waals surface area contributed by atoms with Crippen LogP contribution in [0, 0.1) is 0 Å². The monoisotopic (exact) mass is 378 g/mol. The van der Waals surface area contributed by atoms with E-state index in [0.717, 1.165) is 5.69 Å². The minimum Gasteiger partial charge on any atom is -0.294 e. The lowest BCUT2D eigenvalue weighted by molar-refractivity contribution is 0.177. The highest BCUT2D eigenvalue weighted by Crippen LogP contribution is 2.22. The molecule has 8 nitrogen and oxygen atoms in total. The molecule has 1 aromatic heterocycles. The molecule has 2 heterocycles. The van der Waals surface area contributed by atoms with Crippen molar-refractivity contribution in [3.8, 4) is 0 Å². The first kappa shape index (κ1) is 19.4. The summed E-state index contributed by atoms with van der Waals surface area (Å²) in [4.78, 5) is 2.10. The number of sulfone groups is 1. The van der Waals surface area contributed by atoms with Gasteiger partial charge >= 0.3 is 0 Å². The summed E-state index contributed by atoms with van der Waals surface area (Å²) in [6.45, 7) is 5.42. The Morgan fingerprint density at radius 2 is 2.00 bits per heavy atom. The van der Waals surface area contributed by atoms with E-state index in [4.69, 9.17) is 0 Å². The molecule has 0 bridgehead atoms. The lowest BCUT2D eigenvalue weighted by Gasteiger charge is -2.33. The van der Waals surface area contributed by atoms with Crippen molar-refractivity contribution in [3.63, 3.8) is 0 Å². The summed E-state index contributed by atoms with van der Waals surface area (Å²) in [5.41, 5.74) is 1.03. The first-order valence-electron chi connectivity index (χ1n) is 8.19. The highest BCUT2D eigenvalue weighted by Gasteiger charge is 2.26. The Hall–Kier alpha value is -0.970. The fourth-order valence-electron chi connectivity index (χ4n) is 2.74. The van der Waals surface area contributed by atoms with Crippen LogP contribution in [-0.4, -0.2) is 68.4 Å². The Morgan fingerprint density at radius 3 is 2.67 bits per heavy atom. The van der Waals surface area contributed by atoms with Gasteiger partial charge in [-0.25, -0.2) is 21.6 Å². The summed E-state index contributed by atoms with van der Waals surface area (Å²) >= 11 is 0. The Balaban J connectivity index is 1.98. The number of sulfonamides is 1. The summed E-state index contributed by atoms with van der Waals surface area (Å²) in [6.07, 6.45) is 2.34. The number of fused-ring (bicyclic) bond motifs is 1. The summed E-state index contributed by atoms with van der Waals surface area (Å²) in [7, 11) is -6.20. The number of hydrogen-bond acceptors (Lipinski definition) is 6. The fraction of sp³-hybridized carbons (Fsp3) is 0.786. The average Bonchev–Trinajstić information content (AvgIpc) is 3.01. The quantitative estimate of drug-likeness (QED) is 0.649. The van der Waals surface area contributed by atoms with Crippen LogP contribution in [-0.2, 0) is 26.4 Å². The van der Waals surface area contributed by atoms with E-state index in [-0.39, 0.29) is 23.3 Å². The maximum absolute atomic E-state index is 11.7. The Labute approximate surface area is 144 Å². The van der Waals surface area contributed by atoms with E-state index >= 15 is 0 Å². The van der Waals surface area contributed by atoms with E-state index in [1.165, 1.54) is 0 Å². The molecular formula is C14H26N4O4S2. The van der Waals surface area contributed by atoms with Gasteiger partial charge in [-0.05, 0) is 19.4 Å². The fourth-order valence-corrected chi connectivity index (χ4v) is 4.20. The summed E-state index contributed by atoms with van der Waals surface area (Å²) in [5, 5.41) is 4.33. The van der Waals surface area contributed by atoms with Crippen molar-refractivity contribution < 1.29 is 16.8 Å². The first-order valence-corrected chi connectivity index (χ1v) is 11.7. The number of hydrogen-bond donors (Lipinski definition) is 1. The predicted molar refractivity (Wildman–Crippen MR) is 92.9 cm³/mol. The van der Waals surface area contributed by atoms with Gasteiger partial charge in [-0.2, -0.15) is 5.10 Å². The molecule has 1 aromatic rings. The van der Waals surface area contributed by atoms with Gasteiger partial charge in [0.25, 0.3) is 0 Å². The number of nitrogens with one attached hydrogen (secondary N) is 1. The van der Waals surface area contributed by atoms with Crippen LogP contribution in [0.1, 0.15) is 32.0 Å². The SMILES string of the molecule is CCS(=O)(=O)CCN1Cc2ccnn2C(CCNS(=O)(=O)CC)C1. The molecule has 1 aliphatic rings. The van der Waals surface area contributed by atoms with Crippen LogP contribution >= 0.6 is 0 Å². The average molecular weight is 379 g/mol. The summed E-state index contributed by atoms with van der Waals surface area (Å²) in [6, 6.07) is 1.96. The molecule has 24 heavy (non-hydrogen) atoms. The third kappa shape index (κ3) is 5.27. The molecule has 1 N–H and O–H groups in total. The smallest absolute Gasteiger partial charge is 0.211 e. The van der Waals surface area contributed by atoms with Crippen LogP contribution < -0.4 is 4.72 Å². The lowest BCUT2D eigenvalue weighted by atomic mass is 10.1. The summed E-state index contributed by atoms with van der Waals surface area (Å²) in [5.74, 6) is 0.361. The van der Waals surface area contributed by atoms with E-state index in [0.29, 0.717) is 32.6 Å².